The van der Waals surface area contributed by atoms with E-state index in [2.05, 4.69) is 42.4 Å². The number of hydrogen-bond donors (Lipinski definition) is 1. The monoisotopic (exact) mass is 230 g/mol. The maximum absolute atomic E-state index is 8.57. The molecule has 1 heteroatoms. The molecule has 0 aromatic carbocycles. The van der Waals surface area contributed by atoms with Crippen LogP contribution in [0, 0.1) is 35.5 Å². The van der Waals surface area contributed by atoms with E-state index in [9.17, 15) is 0 Å². The Morgan fingerprint density at radius 2 is 1.29 bits per heavy atom. The van der Waals surface area contributed by atoms with Crippen LogP contribution in [0.2, 0.25) is 0 Å². The van der Waals surface area contributed by atoms with Crippen LogP contribution in [-0.4, -0.2) is 11.7 Å². The average molecular weight is 230 g/mol. The van der Waals surface area contributed by atoms with Gasteiger partial charge >= 0.3 is 0 Å². The highest BCUT2D eigenvalue weighted by Crippen LogP contribution is 1.97. The summed E-state index contributed by atoms with van der Waals surface area (Å²) in [6, 6.07) is 0. The number of unbranched alkanes of at least 4 members (excludes halogenated alkanes) is 6. The number of aliphatic hydroxyl groups is 1. The first-order chi connectivity index (χ1) is 8.41. The molecule has 0 aliphatic heterocycles. The Labute approximate surface area is 106 Å². The fourth-order valence-electron chi connectivity index (χ4n) is 1.24. The summed E-state index contributed by atoms with van der Waals surface area (Å²) in [4.78, 5) is 0. The first-order valence-corrected chi connectivity index (χ1v) is 6.48. The minimum Gasteiger partial charge on any atom is -0.396 e. The summed E-state index contributed by atoms with van der Waals surface area (Å²) in [7, 11) is 0. The normalized spacial score (nSPS) is 8.12. The van der Waals surface area contributed by atoms with Crippen LogP contribution < -0.4 is 0 Å². The Hall–Kier alpha value is -1.36. The van der Waals surface area contributed by atoms with Crippen LogP contribution in [0.25, 0.3) is 0 Å². The summed E-state index contributed by atoms with van der Waals surface area (Å²) in [6.07, 6.45) is 8.40. The second kappa shape index (κ2) is 14.6. The van der Waals surface area contributed by atoms with Gasteiger partial charge in [0.2, 0.25) is 0 Å². The van der Waals surface area contributed by atoms with Crippen LogP contribution in [0.15, 0.2) is 0 Å². The highest BCUT2D eigenvalue weighted by molar-refractivity contribution is 5.35. The van der Waals surface area contributed by atoms with E-state index < -0.39 is 0 Å². The Kier molecular flexibility index (Phi) is 13.5. The predicted molar refractivity (Wildman–Crippen MR) is 73.0 cm³/mol. The SMILES string of the molecule is CCCCCC#CC#CC#CCCCCCO. The molecular weight excluding hydrogens is 208 g/mol. The minimum absolute atomic E-state index is 0.279. The van der Waals surface area contributed by atoms with Crippen LogP contribution in [0.3, 0.4) is 0 Å². The third-order valence-electron chi connectivity index (χ3n) is 2.23. The lowest BCUT2D eigenvalue weighted by atomic mass is 10.2. The van der Waals surface area contributed by atoms with Gasteiger partial charge in [-0.15, -0.1) is 0 Å². The van der Waals surface area contributed by atoms with Gasteiger partial charge in [-0.25, -0.2) is 0 Å². The van der Waals surface area contributed by atoms with E-state index >= 15 is 0 Å². The van der Waals surface area contributed by atoms with Crippen molar-refractivity contribution in [3.63, 3.8) is 0 Å². The third kappa shape index (κ3) is 14.6. The fourth-order valence-corrected chi connectivity index (χ4v) is 1.24. The highest BCUT2D eigenvalue weighted by atomic mass is 16.2. The smallest absolute Gasteiger partial charge is 0.0431 e. The zero-order chi connectivity index (χ0) is 12.6. The first-order valence-electron chi connectivity index (χ1n) is 6.48. The van der Waals surface area contributed by atoms with Crippen LogP contribution in [-0.2, 0) is 0 Å². The molecule has 17 heavy (non-hydrogen) atoms. The Balaban J connectivity index is 3.49. The van der Waals surface area contributed by atoms with Gasteiger partial charge in [0.1, 0.15) is 0 Å². The van der Waals surface area contributed by atoms with E-state index in [-0.39, 0.29) is 6.61 Å². The maximum atomic E-state index is 8.57. The number of hydrogen-bond acceptors (Lipinski definition) is 1. The Morgan fingerprint density at radius 3 is 1.82 bits per heavy atom. The predicted octanol–water partition coefficient (Wildman–Crippen LogP) is 3.13. The highest BCUT2D eigenvalue weighted by Gasteiger charge is 1.83. The third-order valence-corrected chi connectivity index (χ3v) is 2.23. The molecule has 0 aliphatic carbocycles. The van der Waals surface area contributed by atoms with Gasteiger partial charge in [-0.1, -0.05) is 38.0 Å². The van der Waals surface area contributed by atoms with Crippen molar-refractivity contribution in [3.05, 3.63) is 0 Å². The van der Waals surface area contributed by atoms with E-state index in [0.29, 0.717) is 0 Å². The van der Waals surface area contributed by atoms with E-state index in [0.717, 1.165) is 32.1 Å². The molecule has 0 saturated heterocycles. The molecule has 0 bridgehead atoms. The molecule has 0 amide bonds. The molecule has 0 spiro atoms. The second-order valence-corrected chi connectivity index (χ2v) is 3.84. The van der Waals surface area contributed by atoms with Crippen molar-refractivity contribution < 1.29 is 5.11 Å². The van der Waals surface area contributed by atoms with Gasteiger partial charge in [0, 0.05) is 19.4 Å². The summed E-state index contributed by atoms with van der Waals surface area (Å²) in [5, 5.41) is 8.57. The molecule has 1 nitrogen and oxygen atoms in total. The van der Waals surface area contributed by atoms with Gasteiger partial charge in [-0.05, 0) is 42.9 Å². The van der Waals surface area contributed by atoms with Gasteiger partial charge < -0.3 is 5.11 Å². The summed E-state index contributed by atoms with van der Waals surface area (Å²) in [5.41, 5.74) is 0. The molecule has 0 rings (SSSR count). The lowest BCUT2D eigenvalue weighted by molar-refractivity contribution is 0.283. The van der Waals surface area contributed by atoms with Crippen molar-refractivity contribution in [1.29, 1.82) is 0 Å². The lowest BCUT2D eigenvalue weighted by Gasteiger charge is -1.90. The molecule has 0 aromatic heterocycles. The van der Waals surface area contributed by atoms with Gasteiger partial charge in [0.05, 0.1) is 0 Å². The average Bonchev–Trinajstić information content (AvgIpc) is 2.35. The molecular formula is C16H22O. The van der Waals surface area contributed by atoms with Crippen molar-refractivity contribution in [2.75, 3.05) is 6.61 Å². The lowest BCUT2D eigenvalue weighted by Crippen LogP contribution is -1.81. The van der Waals surface area contributed by atoms with Crippen LogP contribution in [0.5, 0.6) is 0 Å². The van der Waals surface area contributed by atoms with E-state index in [1.54, 1.807) is 0 Å². The van der Waals surface area contributed by atoms with Crippen LogP contribution >= 0.6 is 0 Å². The fraction of sp³-hybridized carbons (Fsp3) is 0.625. The zero-order valence-corrected chi connectivity index (χ0v) is 10.8. The summed E-state index contributed by atoms with van der Waals surface area (Å²) >= 11 is 0. The van der Waals surface area contributed by atoms with Crippen molar-refractivity contribution in [3.8, 4) is 35.5 Å². The zero-order valence-electron chi connectivity index (χ0n) is 10.8. The molecule has 0 aromatic rings. The second-order valence-electron chi connectivity index (χ2n) is 3.84. The molecule has 0 saturated carbocycles. The van der Waals surface area contributed by atoms with E-state index in [1.165, 1.54) is 19.3 Å². The summed E-state index contributed by atoms with van der Waals surface area (Å²) < 4.78 is 0. The Morgan fingerprint density at radius 1 is 0.706 bits per heavy atom. The Bertz CT molecular complexity index is 335. The topological polar surface area (TPSA) is 20.2 Å². The van der Waals surface area contributed by atoms with Crippen LogP contribution in [0.1, 0.15) is 58.3 Å². The summed E-state index contributed by atoms with van der Waals surface area (Å²) in [5.74, 6) is 17.1. The molecule has 0 radical (unpaired) electrons. The van der Waals surface area contributed by atoms with E-state index in [4.69, 9.17) is 5.11 Å². The maximum Gasteiger partial charge on any atom is 0.0431 e. The van der Waals surface area contributed by atoms with Gasteiger partial charge in [-0.2, -0.15) is 0 Å². The van der Waals surface area contributed by atoms with Crippen molar-refractivity contribution in [2.45, 2.75) is 58.3 Å². The summed E-state index contributed by atoms with van der Waals surface area (Å²) in [6.45, 7) is 2.46. The molecule has 0 unspecified atom stereocenters. The van der Waals surface area contributed by atoms with Gasteiger partial charge in [-0.3, -0.25) is 0 Å². The molecule has 1 N–H and O–H groups in total. The van der Waals surface area contributed by atoms with Crippen molar-refractivity contribution in [1.82, 2.24) is 0 Å². The van der Waals surface area contributed by atoms with Crippen molar-refractivity contribution in [2.24, 2.45) is 0 Å². The minimum atomic E-state index is 0.279. The molecule has 0 aliphatic rings. The largest absolute Gasteiger partial charge is 0.396 e. The quantitative estimate of drug-likeness (QED) is 0.526. The van der Waals surface area contributed by atoms with E-state index in [1.807, 2.05) is 0 Å². The molecule has 0 fully saturated rings. The number of aliphatic hydroxyl groups excluding tert-OH is 1. The van der Waals surface area contributed by atoms with Gasteiger partial charge in [0.15, 0.2) is 0 Å². The standard InChI is InChI=1S/C16H22O/c1-2-3-4-5-6-7-8-9-10-11-12-13-14-15-16-17/h17H,2-5,12-16H2,1H3. The number of rotatable bonds is 7. The molecule has 0 atom stereocenters. The molecule has 0 heterocycles. The molecule has 92 valence electrons. The van der Waals surface area contributed by atoms with Gasteiger partial charge in [0.25, 0.3) is 0 Å². The van der Waals surface area contributed by atoms with Crippen LogP contribution in [0.4, 0.5) is 0 Å². The van der Waals surface area contributed by atoms with Crippen molar-refractivity contribution >= 4 is 0 Å². The first kappa shape index (κ1) is 15.6.